The highest BCUT2D eigenvalue weighted by atomic mass is 127. The second-order valence-electron chi connectivity index (χ2n) is 6.34. The van der Waals surface area contributed by atoms with Crippen molar-refractivity contribution in [3.8, 4) is 0 Å². The van der Waals surface area contributed by atoms with Gasteiger partial charge in [-0.2, -0.15) is 0 Å². The van der Waals surface area contributed by atoms with E-state index in [1.54, 1.807) is 0 Å². The smallest absolute Gasteiger partial charge is 0.191 e. The number of aliphatic imine (C=N–C) groups is 1. The van der Waals surface area contributed by atoms with Crippen molar-refractivity contribution in [1.82, 2.24) is 15.5 Å². The Bertz CT molecular complexity index is 488. The molecular formula is C18H31IN4. The van der Waals surface area contributed by atoms with Gasteiger partial charge in [-0.1, -0.05) is 38.1 Å². The molecule has 1 aromatic carbocycles. The standard InChI is InChI=1S/C18H30N4.HI/c1-4-19-18(21-13-15(2)3)20-10-12-22-11-9-16-7-5-6-8-17(16)14-22;/h5-8,15H,4,9-14H2,1-3H3,(H2,19,20,21);1H. The van der Waals surface area contributed by atoms with Crippen molar-refractivity contribution in [2.24, 2.45) is 10.9 Å². The monoisotopic (exact) mass is 430 g/mol. The lowest BCUT2D eigenvalue weighted by atomic mass is 10.00. The van der Waals surface area contributed by atoms with Gasteiger partial charge in [0.2, 0.25) is 0 Å². The van der Waals surface area contributed by atoms with Gasteiger partial charge in [0.1, 0.15) is 0 Å². The predicted octanol–water partition coefficient (Wildman–Crippen LogP) is 2.87. The van der Waals surface area contributed by atoms with Crippen LogP contribution in [0.4, 0.5) is 0 Å². The summed E-state index contributed by atoms with van der Waals surface area (Å²) in [5.74, 6) is 1.53. The van der Waals surface area contributed by atoms with Crippen LogP contribution in [-0.4, -0.2) is 43.6 Å². The highest BCUT2D eigenvalue weighted by Crippen LogP contribution is 2.17. The third kappa shape index (κ3) is 7.08. The van der Waals surface area contributed by atoms with E-state index in [0.29, 0.717) is 5.92 Å². The summed E-state index contributed by atoms with van der Waals surface area (Å²) in [7, 11) is 0. The largest absolute Gasteiger partial charge is 0.357 e. The summed E-state index contributed by atoms with van der Waals surface area (Å²) in [6.07, 6.45) is 1.16. The van der Waals surface area contributed by atoms with Gasteiger partial charge in [-0.3, -0.25) is 9.89 Å². The second-order valence-corrected chi connectivity index (χ2v) is 6.34. The molecule has 1 aliphatic heterocycles. The molecule has 1 heterocycles. The first-order valence-electron chi connectivity index (χ1n) is 8.50. The van der Waals surface area contributed by atoms with Crippen LogP contribution in [0.3, 0.4) is 0 Å². The molecule has 0 saturated heterocycles. The van der Waals surface area contributed by atoms with Crippen molar-refractivity contribution in [2.45, 2.75) is 33.7 Å². The Morgan fingerprint density at radius 3 is 2.65 bits per heavy atom. The van der Waals surface area contributed by atoms with Crippen LogP contribution < -0.4 is 10.6 Å². The molecule has 0 spiro atoms. The maximum atomic E-state index is 4.61. The Morgan fingerprint density at radius 2 is 1.96 bits per heavy atom. The third-order valence-electron chi connectivity index (χ3n) is 3.89. The summed E-state index contributed by atoms with van der Waals surface area (Å²) in [5.41, 5.74) is 2.99. The average Bonchev–Trinajstić information content (AvgIpc) is 2.52. The van der Waals surface area contributed by atoms with Crippen molar-refractivity contribution in [1.29, 1.82) is 0 Å². The van der Waals surface area contributed by atoms with Gasteiger partial charge in [0.15, 0.2) is 5.96 Å². The summed E-state index contributed by atoms with van der Waals surface area (Å²) in [6.45, 7) is 12.5. The van der Waals surface area contributed by atoms with Gasteiger partial charge in [0.25, 0.3) is 0 Å². The summed E-state index contributed by atoms with van der Waals surface area (Å²) < 4.78 is 0. The number of fused-ring (bicyclic) bond motifs is 1. The summed E-state index contributed by atoms with van der Waals surface area (Å²) in [6, 6.07) is 8.79. The minimum Gasteiger partial charge on any atom is -0.357 e. The van der Waals surface area contributed by atoms with Crippen molar-refractivity contribution in [2.75, 3.05) is 32.7 Å². The molecule has 130 valence electrons. The Morgan fingerprint density at radius 1 is 1.22 bits per heavy atom. The summed E-state index contributed by atoms with van der Waals surface area (Å²) in [5, 5.41) is 6.76. The van der Waals surface area contributed by atoms with Crippen LogP contribution >= 0.6 is 24.0 Å². The van der Waals surface area contributed by atoms with E-state index in [2.05, 4.69) is 65.6 Å². The highest BCUT2D eigenvalue weighted by Gasteiger charge is 2.14. The minimum absolute atomic E-state index is 0. The number of guanidine groups is 1. The Kier molecular flexibility index (Phi) is 9.55. The van der Waals surface area contributed by atoms with E-state index in [4.69, 9.17) is 0 Å². The van der Waals surface area contributed by atoms with E-state index in [9.17, 15) is 0 Å². The number of nitrogens with zero attached hydrogens (tertiary/aromatic N) is 2. The van der Waals surface area contributed by atoms with Crippen LogP contribution in [0.15, 0.2) is 29.3 Å². The molecule has 0 aliphatic carbocycles. The summed E-state index contributed by atoms with van der Waals surface area (Å²) in [4.78, 5) is 7.12. The van der Waals surface area contributed by atoms with E-state index in [0.717, 1.165) is 51.6 Å². The highest BCUT2D eigenvalue weighted by molar-refractivity contribution is 14.0. The maximum Gasteiger partial charge on any atom is 0.191 e. The van der Waals surface area contributed by atoms with Gasteiger partial charge in [0.05, 0.1) is 0 Å². The molecule has 0 radical (unpaired) electrons. The second kappa shape index (κ2) is 10.9. The molecule has 0 amide bonds. The van der Waals surface area contributed by atoms with Gasteiger partial charge < -0.3 is 10.6 Å². The number of benzene rings is 1. The van der Waals surface area contributed by atoms with E-state index in [-0.39, 0.29) is 24.0 Å². The molecule has 2 rings (SSSR count). The van der Waals surface area contributed by atoms with E-state index in [1.165, 1.54) is 11.1 Å². The first-order chi connectivity index (χ1) is 10.7. The fourth-order valence-electron chi connectivity index (χ4n) is 2.69. The van der Waals surface area contributed by atoms with Crippen molar-refractivity contribution < 1.29 is 0 Å². The fourth-order valence-corrected chi connectivity index (χ4v) is 2.69. The quantitative estimate of drug-likeness (QED) is 0.414. The third-order valence-corrected chi connectivity index (χ3v) is 3.89. The fraction of sp³-hybridized carbons (Fsp3) is 0.611. The first-order valence-corrected chi connectivity index (χ1v) is 8.50. The van der Waals surface area contributed by atoms with Crippen LogP contribution in [-0.2, 0) is 13.0 Å². The van der Waals surface area contributed by atoms with Crippen LogP contribution in [0, 0.1) is 5.92 Å². The first kappa shape index (κ1) is 20.2. The van der Waals surface area contributed by atoms with Crippen molar-refractivity contribution >= 4 is 29.9 Å². The van der Waals surface area contributed by atoms with Crippen LogP contribution in [0.2, 0.25) is 0 Å². The lowest BCUT2D eigenvalue weighted by Crippen LogP contribution is -2.42. The van der Waals surface area contributed by atoms with Gasteiger partial charge >= 0.3 is 0 Å². The molecule has 4 nitrogen and oxygen atoms in total. The van der Waals surface area contributed by atoms with E-state index >= 15 is 0 Å². The zero-order valence-corrected chi connectivity index (χ0v) is 17.0. The predicted molar refractivity (Wildman–Crippen MR) is 110 cm³/mol. The maximum absolute atomic E-state index is 4.61. The molecule has 0 atom stereocenters. The molecule has 5 heteroatoms. The minimum atomic E-state index is 0. The summed E-state index contributed by atoms with van der Waals surface area (Å²) >= 11 is 0. The topological polar surface area (TPSA) is 39.7 Å². The lowest BCUT2D eigenvalue weighted by molar-refractivity contribution is 0.258. The number of rotatable bonds is 6. The normalized spacial score (nSPS) is 15.0. The van der Waals surface area contributed by atoms with E-state index < -0.39 is 0 Å². The van der Waals surface area contributed by atoms with Crippen LogP contribution in [0.1, 0.15) is 31.9 Å². The van der Waals surface area contributed by atoms with Gasteiger partial charge in [0, 0.05) is 39.3 Å². The SMILES string of the molecule is CCNC(=NCC(C)C)NCCN1CCc2ccccc2C1.I. The van der Waals surface area contributed by atoms with Gasteiger partial charge in [-0.25, -0.2) is 0 Å². The number of nitrogens with one attached hydrogen (secondary N) is 2. The number of hydrogen-bond acceptors (Lipinski definition) is 2. The lowest BCUT2D eigenvalue weighted by Gasteiger charge is -2.28. The zero-order valence-electron chi connectivity index (χ0n) is 14.6. The van der Waals surface area contributed by atoms with Crippen molar-refractivity contribution in [3.63, 3.8) is 0 Å². The molecule has 0 saturated carbocycles. The number of hydrogen-bond donors (Lipinski definition) is 2. The molecule has 0 unspecified atom stereocenters. The molecule has 0 aromatic heterocycles. The van der Waals surface area contributed by atoms with Gasteiger partial charge in [-0.15, -0.1) is 24.0 Å². The Hall–Kier alpha value is -0.820. The van der Waals surface area contributed by atoms with Crippen LogP contribution in [0.25, 0.3) is 0 Å². The molecule has 0 bridgehead atoms. The number of halogens is 1. The Balaban J connectivity index is 0.00000264. The zero-order chi connectivity index (χ0) is 15.8. The van der Waals surface area contributed by atoms with Crippen molar-refractivity contribution in [3.05, 3.63) is 35.4 Å². The molecule has 0 fully saturated rings. The Labute approximate surface area is 158 Å². The molecule has 2 N–H and O–H groups in total. The molecule has 1 aliphatic rings. The van der Waals surface area contributed by atoms with Crippen LogP contribution in [0.5, 0.6) is 0 Å². The molecular weight excluding hydrogens is 399 g/mol. The van der Waals surface area contributed by atoms with E-state index in [1.807, 2.05) is 0 Å². The average molecular weight is 430 g/mol. The molecule has 1 aromatic rings. The molecule has 23 heavy (non-hydrogen) atoms. The van der Waals surface area contributed by atoms with Gasteiger partial charge in [-0.05, 0) is 30.4 Å².